The van der Waals surface area contributed by atoms with Gasteiger partial charge in [0.25, 0.3) is 0 Å². The maximum atomic E-state index is 12.1. The standard InChI is InChI=1S/C12H11NO2S/c1-9-2-5-11(6-3-9)16(15)12-7-4-10(8-14)13-12/h2-8,13H,1H3. The number of aryl methyl sites for hydroxylation is 1. The van der Waals surface area contributed by atoms with Crippen molar-refractivity contribution in [1.82, 2.24) is 4.98 Å². The molecule has 2 aromatic rings. The zero-order chi connectivity index (χ0) is 11.5. The molecule has 0 bridgehead atoms. The lowest BCUT2D eigenvalue weighted by Crippen LogP contribution is -1.93. The minimum atomic E-state index is -1.25. The average molecular weight is 233 g/mol. The first-order chi connectivity index (χ1) is 7.70. The highest BCUT2D eigenvalue weighted by molar-refractivity contribution is 7.85. The highest BCUT2D eigenvalue weighted by atomic mass is 32.2. The maximum Gasteiger partial charge on any atom is 0.166 e. The van der Waals surface area contributed by atoms with Crippen molar-refractivity contribution in [3.05, 3.63) is 47.7 Å². The SMILES string of the molecule is Cc1ccc(S(=O)c2ccc(C=O)[nH]2)cc1. The van der Waals surface area contributed by atoms with Crippen molar-refractivity contribution in [2.45, 2.75) is 16.8 Å². The summed E-state index contributed by atoms with van der Waals surface area (Å²) in [6, 6.07) is 10.8. The first-order valence-corrected chi connectivity index (χ1v) is 5.98. The molecule has 0 aliphatic rings. The first-order valence-electron chi connectivity index (χ1n) is 4.83. The lowest BCUT2D eigenvalue weighted by Gasteiger charge is -2.00. The summed E-state index contributed by atoms with van der Waals surface area (Å²) in [5, 5.41) is 0.547. The quantitative estimate of drug-likeness (QED) is 0.827. The number of hydrogen-bond donors (Lipinski definition) is 1. The molecule has 1 unspecified atom stereocenters. The fraction of sp³-hybridized carbons (Fsp3) is 0.0833. The molecule has 4 heteroatoms. The van der Waals surface area contributed by atoms with E-state index in [1.807, 2.05) is 31.2 Å². The van der Waals surface area contributed by atoms with Crippen LogP contribution >= 0.6 is 0 Å². The van der Waals surface area contributed by atoms with Crippen molar-refractivity contribution in [2.75, 3.05) is 0 Å². The van der Waals surface area contributed by atoms with E-state index >= 15 is 0 Å². The molecular weight excluding hydrogens is 222 g/mol. The molecule has 1 heterocycles. The Hall–Kier alpha value is -1.68. The van der Waals surface area contributed by atoms with Gasteiger partial charge < -0.3 is 4.98 Å². The van der Waals surface area contributed by atoms with Gasteiger partial charge in [-0.3, -0.25) is 4.79 Å². The largest absolute Gasteiger partial charge is 0.345 e. The molecular formula is C12H11NO2S. The van der Waals surface area contributed by atoms with Gasteiger partial charge in [-0.05, 0) is 31.2 Å². The van der Waals surface area contributed by atoms with E-state index in [0.717, 1.165) is 10.5 Å². The molecule has 16 heavy (non-hydrogen) atoms. The number of rotatable bonds is 3. The minimum Gasteiger partial charge on any atom is -0.345 e. The van der Waals surface area contributed by atoms with Gasteiger partial charge in [0, 0.05) is 4.90 Å². The van der Waals surface area contributed by atoms with Gasteiger partial charge in [-0.1, -0.05) is 17.7 Å². The third kappa shape index (κ3) is 2.12. The summed E-state index contributed by atoms with van der Waals surface area (Å²) in [5.74, 6) is 0. The highest BCUT2D eigenvalue weighted by Crippen LogP contribution is 2.15. The zero-order valence-electron chi connectivity index (χ0n) is 8.77. The van der Waals surface area contributed by atoms with Gasteiger partial charge in [0.15, 0.2) is 6.29 Å². The van der Waals surface area contributed by atoms with Crippen LogP contribution in [0.3, 0.4) is 0 Å². The molecule has 1 atom stereocenters. The van der Waals surface area contributed by atoms with E-state index in [2.05, 4.69) is 4.98 Å². The maximum absolute atomic E-state index is 12.1. The Balaban J connectivity index is 2.31. The van der Waals surface area contributed by atoms with Gasteiger partial charge in [-0.15, -0.1) is 0 Å². The van der Waals surface area contributed by atoms with Crippen LogP contribution in [0.1, 0.15) is 16.1 Å². The molecule has 1 N–H and O–H groups in total. The second-order valence-electron chi connectivity index (χ2n) is 3.48. The molecule has 1 aromatic carbocycles. The van der Waals surface area contributed by atoms with Gasteiger partial charge in [0.1, 0.15) is 15.8 Å². The summed E-state index contributed by atoms with van der Waals surface area (Å²) in [5.41, 5.74) is 1.57. The molecule has 0 radical (unpaired) electrons. The van der Waals surface area contributed by atoms with Gasteiger partial charge in [0.05, 0.1) is 5.69 Å². The number of benzene rings is 1. The first kappa shape index (κ1) is 10.8. The summed E-state index contributed by atoms with van der Waals surface area (Å²) >= 11 is 0. The molecule has 0 spiro atoms. The van der Waals surface area contributed by atoms with Gasteiger partial charge in [0.2, 0.25) is 0 Å². The Morgan fingerprint density at radius 3 is 2.38 bits per heavy atom. The number of carbonyl (C=O) groups excluding carboxylic acids is 1. The molecule has 0 aliphatic carbocycles. The van der Waals surface area contributed by atoms with Crippen LogP contribution in [0.2, 0.25) is 0 Å². The Morgan fingerprint density at radius 1 is 1.12 bits per heavy atom. The number of aromatic amines is 1. The highest BCUT2D eigenvalue weighted by Gasteiger charge is 2.08. The van der Waals surface area contributed by atoms with Crippen molar-refractivity contribution < 1.29 is 9.00 Å². The van der Waals surface area contributed by atoms with Crippen LogP contribution in [0.5, 0.6) is 0 Å². The lowest BCUT2D eigenvalue weighted by molar-refractivity contribution is 0.111. The molecule has 1 aromatic heterocycles. The Kier molecular flexibility index (Phi) is 3.01. The van der Waals surface area contributed by atoms with E-state index in [9.17, 15) is 9.00 Å². The van der Waals surface area contributed by atoms with E-state index in [0.29, 0.717) is 17.0 Å². The third-order valence-corrected chi connectivity index (χ3v) is 3.58. The van der Waals surface area contributed by atoms with Crippen LogP contribution < -0.4 is 0 Å². The van der Waals surface area contributed by atoms with E-state index in [1.54, 1.807) is 12.1 Å². The summed E-state index contributed by atoms with van der Waals surface area (Å²) < 4.78 is 12.1. The Labute approximate surface area is 96.0 Å². The van der Waals surface area contributed by atoms with Crippen molar-refractivity contribution in [3.8, 4) is 0 Å². The number of nitrogens with one attached hydrogen (secondary N) is 1. The van der Waals surface area contributed by atoms with Crippen LogP contribution in [0.15, 0.2) is 46.3 Å². The molecule has 0 aliphatic heterocycles. The van der Waals surface area contributed by atoms with Crippen LogP contribution in [-0.4, -0.2) is 15.5 Å². The van der Waals surface area contributed by atoms with Crippen molar-refractivity contribution in [3.63, 3.8) is 0 Å². The molecule has 2 rings (SSSR count). The molecule has 3 nitrogen and oxygen atoms in total. The number of carbonyl (C=O) groups is 1. The minimum absolute atomic E-state index is 0.440. The summed E-state index contributed by atoms with van der Waals surface area (Å²) in [6.45, 7) is 1.98. The fourth-order valence-electron chi connectivity index (χ4n) is 1.36. The molecule has 0 saturated heterocycles. The van der Waals surface area contributed by atoms with Gasteiger partial charge in [-0.2, -0.15) is 0 Å². The third-order valence-electron chi connectivity index (χ3n) is 2.24. The van der Waals surface area contributed by atoms with Crippen LogP contribution in [-0.2, 0) is 10.8 Å². The van der Waals surface area contributed by atoms with E-state index in [1.165, 1.54) is 0 Å². The molecule has 0 fully saturated rings. The molecule has 0 amide bonds. The second-order valence-corrected chi connectivity index (χ2v) is 4.93. The predicted molar refractivity (Wildman–Crippen MR) is 62.0 cm³/mol. The number of H-pyrrole nitrogens is 1. The Morgan fingerprint density at radius 2 is 1.81 bits per heavy atom. The van der Waals surface area contributed by atoms with E-state index < -0.39 is 10.8 Å². The van der Waals surface area contributed by atoms with Crippen LogP contribution in [0, 0.1) is 6.92 Å². The van der Waals surface area contributed by atoms with Crippen molar-refractivity contribution >= 4 is 17.1 Å². The molecule has 82 valence electrons. The average Bonchev–Trinajstić information content (AvgIpc) is 2.77. The zero-order valence-corrected chi connectivity index (χ0v) is 9.58. The Bertz CT molecular complexity index is 528. The number of aldehydes is 1. The van der Waals surface area contributed by atoms with Crippen LogP contribution in [0.25, 0.3) is 0 Å². The van der Waals surface area contributed by atoms with Crippen molar-refractivity contribution in [2.24, 2.45) is 0 Å². The van der Waals surface area contributed by atoms with Crippen molar-refractivity contribution in [1.29, 1.82) is 0 Å². The van der Waals surface area contributed by atoms with Gasteiger partial charge >= 0.3 is 0 Å². The monoisotopic (exact) mass is 233 g/mol. The van der Waals surface area contributed by atoms with Gasteiger partial charge in [-0.25, -0.2) is 4.21 Å². The molecule has 0 saturated carbocycles. The van der Waals surface area contributed by atoms with Crippen LogP contribution in [0.4, 0.5) is 0 Å². The normalized spacial score (nSPS) is 12.3. The number of hydrogen-bond acceptors (Lipinski definition) is 2. The topological polar surface area (TPSA) is 49.9 Å². The summed E-state index contributed by atoms with van der Waals surface area (Å²) in [6.07, 6.45) is 0.704. The fourth-order valence-corrected chi connectivity index (χ4v) is 2.40. The summed E-state index contributed by atoms with van der Waals surface area (Å²) in [7, 11) is -1.25. The summed E-state index contributed by atoms with van der Waals surface area (Å²) in [4.78, 5) is 14.0. The number of aromatic nitrogens is 1. The van der Waals surface area contributed by atoms with E-state index in [-0.39, 0.29) is 0 Å². The lowest BCUT2D eigenvalue weighted by atomic mass is 10.2. The smallest absolute Gasteiger partial charge is 0.166 e. The van der Waals surface area contributed by atoms with E-state index in [4.69, 9.17) is 0 Å². The predicted octanol–water partition coefficient (Wildman–Crippen LogP) is 2.30. The second kappa shape index (κ2) is 4.45.